The van der Waals surface area contributed by atoms with Crippen LogP contribution in [0.15, 0.2) is 36.7 Å². The van der Waals surface area contributed by atoms with E-state index in [1.165, 1.54) is 12.4 Å². The fourth-order valence-corrected chi connectivity index (χ4v) is 1.41. The van der Waals surface area contributed by atoms with Crippen molar-refractivity contribution in [2.24, 2.45) is 0 Å². The maximum absolute atomic E-state index is 11.8. The van der Waals surface area contributed by atoms with Crippen molar-refractivity contribution < 1.29 is 4.79 Å². The van der Waals surface area contributed by atoms with Crippen LogP contribution in [0.2, 0.25) is 5.02 Å². The van der Waals surface area contributed by atoms with Crippen LogP contribution in [0.1, 0.15) is 10.4 Å². The van der Waals surface area contributed by atoms with E-state index in [9.17, 15) is 4.79 Å². The first kappa shape index (κ1) is 11.3. The van der Waals surface area contributed by atoms with Gasteiger partial charge in [-0.1, -0.05) is 11.6 Å². The first-order valence-electron chi connectivity index (χ1n) is 4.80. The molecule has 0 radical (unpaired) electrons. The molecule has 0 fully saturated rings. The van der Waals surface area contributed by atoms with Crippen molar-refractivity contribution in [2.45, 2.75) is 0 Å². The van der Waals surface area contributed by atoms with Crippen molar-refractivity contribution in [3.05, 3.63) is 47.2 Å². The third-order valence-corrected chi connectivity index (χ3v) is 2.43. The van der Waals surface area contributed by atoms with Crippen LogP contribution >= 0.6 is 11.6 Å². The Balaban J connectivity index is 2.16. The average Bonchev–Trinajstić information content (AvgIpc) is 2.35. The third-order valence-electron chi connectivity index (χ3n) is 2.10. The van der Waals surface area contributed by atoms with Crippen LogP contribution in [0.4, 0.5) is 11.4 Å². The van der Waals surface area contributed by atoms with E-state index in [4.69, 9.17) is 17.3 Å². The largest absolute Gasteiger partial charge is 0.398 e. The Morgan fingerprint density at radius 2 is 2.12 bits per heavy atom. The summed E-state index contributed by atoms with van der Waals surface area (Å²) in [5, 5.41) is 10.3. The molecule has 0 bridgehead atoms. The van der Waals surface area contributed by atoms with E-state index in [2.05, 4.69) is 15.5 Å². The molecule has 0 atom stereocenters. The summed E-state index contributed by atoms with van der Waals surface area (Å²) in [7, 11) is 0. The van der Waals surface area contributed by atoms with Gasteiger partial charge in [-0.05, 0) is 24.3 Å². The van der Waals surface area contributed by atoms with Crippen molar-refractivity contribution in [3.8, 4) is 0 Å². The summed E-state index contributed by atoms with van der Waals surface area (Å²) in [5.74, 6) is -0.277. The zero-order chi connectivity index (χ0) is 12.3. The summed E-state index contributed by atoms with van der Waals surface area (Å²) in [6.07, 6.45) is 2.83. The molecular formula is C11H9ClN4O. The summed E-state index contributed by atoms with van der Waals surface area (Å²) >= 11 is 5.84. The van der Waals surface area contributed by atoms with Crippen molar-refractivity contribution in [1.82, 2.24) is 10.2 Å². The maximum Gasteiger partial charge on any atom is 0.257 e. The summed E-state index contributed by atoms with van der Waals surface area (Å²) in [5.41, 5.74) is 7.03. The predicted molar refractivity (Wildman–Crippen MR) is 65.8 cm³/mol. The fraction of sp³-hybridized carbons (Fsp3) is 0. The van der Waals surface area contributed by atoms with Gasteiger partial charge in [0.25, 0.3) is 5.91 Å². The number of amides is 1. The summed E-state index contributed by atoms with van der Waals surface area (Å²) in [6.45, 7) is 0. The van der Waals surface area contributed by atoms with E-state index >= 15 is 0 Å². The lowest BCUT2D eigenvalue weighted by molar-refractivity contribution is 0.102. The van der Waals surface area contributed by atoms with Gasteiger partial charge in [0.15, 0.2) is 0 Å². The Morgan fingerprint density at radius 3 is 2.76 bits per heavy atom. The smallest absolute Gasteiger partial charge is 0.257 e. The maximum atomic E-state index is 11.8. The number of halogens is 1. The fourth-order valence-electron chi connectivity index (χ4n) is 1.23. The number of hydrogen-bond acceptors (Lipinski definition) is 4. The first-order chi connectivity index (χ1) is 8.16. The van der Waals surface area contributed by atoms with Gasteiger partial charge in [-0.25, -0.2) is 0 Å². The normalized spacial score (nSPS) is 9.94. The van der Waals surface area contributed by atoms with Crippen LogP contribution in [0, 0.1) is 0 Å². The lowest BCUT2D eigenvalue weighted by Crippen LogP contribution is -2.12. The molecule has 2 aromatic rings. The van der Waals surface area contributed by atoms with Crippen LogP contribution in [-0.4, -0.2) is 16.1 Å². The molecular weight excluding hydrogens is 240 g/mol. The van der Waals surface area contributed by atoms with E-state index in [0.717, 1.165) is 0 Å². The monoisotopic (exact) mass is 248 g/mol. The highest BCUT2D eigenvalue weighted by atomic mass is 35.5. The lowest BCUT2D eigenvalue weighted by Gasteiger charge is -2.06. The molecule has 0 aliphatic heterocycles. The van der Waals surface area contributed by atoms with Crippen LogP contribution in [0.5, 0.6) is 0 Å². The topological polar surface area (TPSA) is 80.9 Å². The van der Waals surface area contributed by atoms with Crippen molar-refractivity contribution in [3.63, 3.8) is 0 Å². The van der Waals surface area contributed by atoms with E-state index < -0.39 is 0 Å². The van der Waals surface area contributed by atoms with Gasteiger partial charge in [-0.15, -0.1) is 0 Å². The highest BCUT2D eigenvalue weighted by Gasteiger charge is 2.06. The number of nitrogens with zero attached hydrogens (tertiary/aromatic N) is 2. The molecule has 5 nitrogen and oxygen atoms in total. The first-order valence-corrected chi connectivity index (χ1v) is 5.17. The molecule has 17 heavy (non-hydrogen) atoms. The van der Waals surface area contributed by atoms with Crippen LogP contribution in [-0.2, 0) is 0 Å². The van der Waals surface area contributed by atoms with Gasteiger partial charge < -0.3 is 11.1 Å². The van der Waals surface area contributed by atoms with Gasteiger partial charge in [0.1, 0.15) is 0 Å². The van der Waals surface area contributed by atoms with Gasteiger partial charge in [-0.3, -0.25) is 4.79 Å². The number of carbonyl (C=O) groups excluding carboxylic acids is 1. The number of hydrogen-bond donors (Lipinski definition) is 2. The number of nitrogens with two attached hydrogens (primary N) is 1. The van der Waals surface area contributed by atoms with Crippen molar-refractivity contribution in [2.75, 3.05) is 11.1 Å². The van der Waals surface area contributed by atoms with Gasteiger partial charge >= 0.3 is 0 Å². The number of anilines is 2. The molecule has 0 saturated carbocycles. The second-order valence-electron chi connectivity index (χ2n) is 3.32. The molecule has 3 N–H and O–H groups in total. The minimum Gasteiger partial charge on any atom is -0.398 e. The predicted octanol–water partition coefficient (Wildman–Crippen LogP) is 1.96. The molecule has 0 saturated heterocycles. The molecule has 1 aromatic heterocycles. The Kier molecular flexibility index (Phi) is 3.20. The van der Waals surface area contributed by atoms with E-state index in [0.29, 0.717) is 22.0 Å². The second kappa shape index (κ2) is 4.80. The Labute approximate surface area is 103 Å². The number of carbonyl (C=O) groups is 1. The number of nitrogen functional groups attached to an aromatic ring is 1. The zero-order valence-corrected chi connectivity index (χ0v) is 9.48. The lowest BCUT2D eigenvalue weighted by atomic mass is 10.2. The molecule has 0 aliphatic carbocycles. The Morgan fingerprint density at radius 1 is 1.29 bits per heavy atom. The van der Waals surface area contributed by atoms with Gasteiger partial charge in [-0.2, -0.15) is 10.2 Å². The minimum atomic E-state index is -0.277. The molecule has 1 amide bonds. The van der Waals surface area contributed by atoms with Gasteiger partial charge in [0.05, 0.1) is 28.7 Å². The van der Waals surface area contributed by atoms with E-state index in [-0.39, 0.29) is 5.91 Å². The summed E-state index contributed by atoms with van der Waals surface area (Å²) < 4.78 is 0. The molecule has 0 unspecified atom stereocenters. The molecule has 1 aromatic carbocycles. The second-order valence-corrected chi connectivity index (χ2v) is 3.73. The summed E-state index contributed by atoms with van der Waals surface area (Å²) in [4.78, 5) is 11.8. The highest BCUT2D eigenvalue weighted by molar-refractivity contribution is 6.33. The minimum absolute atomic E-state index is 0.277. The number of benzene rings is 1. The van der Waals surface area contributed by atoms with Crippen molar-refractivity contribution in [1.29, 1.82) is 0 Å². The zero-order valence-electron chi connectivity index (χ0n) is 8.72. The Hall–Kier alpha value is -2.14. The van der Waals surface area contributed by atoms with Gasteiger partial charge in [0, 0.05) is 5.69 Å². The van der Waals surface area contributed by atoms with Crippen LogP contribution in [0.3, 0.4) is 0 Å². The number of rotatable bonds is 2. The summed E-state index contributed by atoms with van der Waals surface area (Å²) in [6, 6.07) is 6.46. The molecule has 2 rings (SSSR count). The number of nitrogens with one attached hydrogen (secondary N) is 1. The third kappa shape index (κ3) is 2.70. The molecule has 6 heteroatoms. The average molecular weight is 249 g/mol. The molecule has 1 heterocycles. The number of aromatic nitrogens is 2. The highest BCUT2D eigenvalue weighted by Crippen LogP contribution is 2.22. The quantitative estimate of drug-likeness (QED) is 0.796. The van der Waals surface area contributed by atoms with E-state index in [1.54, 1.807) is 24.3 Å². The molecule has 86 valence electrons. The SMILES string of the molecule is Nc1ccc(NC(=O)c2ccnnc2)cc1Cl. The Bertz CT molecular complexity index is 544. The van der Waals surface area contributed by atoms with Crippen molar-refractivity contribution >= 4 is 28.9 Å². The van der Waals surface area contributed by atoms with E-state index in [1.807, 2.05) is 0 Å². The standard InChI is InChI=1S/C11H9ClN4O/c12-9-5-8(1-2-10(9)13)16-11(17)7-3-4-14-15-6-7/h1-6H,13H2,(H,16,17). The van der Waals surface area contributed by atoms with Crippen LogP contribution < -0.4 is 11.1 Å². The van der Waals surface area contributed by atoms with Crippen LogP contribution in [0.25, 0.3) is 0 Å². The van der Waals surface area contributed by atoms with Gasteiger partial charge in [0.2, 0.25) is 0 Å². The molecule has 0 aliphatic rings. The molecule has 0 spiro atoms.